The minimum atomic E-state index is -3.54. The van der Waals surface area contributed by atoms with Crippen LogP contribution in [0.25, 0.3) is 0 Å². The van der Waals surface area contributed by atoms with Gasteiger partial charge in [-0.3, -0.25) is 5.84 Å². The Morgan fingerprint density at radius 1 is 1.28 bits per heavy atom. The van der Waals surface area contributed by atoms with Crippen LogP contribution in [0.5, 0.6) is 0 Å². The van der Waals surface area contributed by atoms with E-state index in [1.54, 1.807) is 24.5 Å². The number of rotatable bonds is 5. The highest BCUT2D eigenvalue weighted by atomic mass is 32.2. The van der Waals surface area contributed by atoms with Crippen molar-refractivity contribution in [1.82, 2.24) is 14.7 Å². The Bertz CT molecular complexity index is 592. The van der Waals surface area contributed by atoms with Gasteiger partial charge in [0.25, 0.3) is 0 Å². The van der Waals surface area contributed by atoms with E-state index < -0.39 is 10.0 Å². The number of nitrogens with zero attached hydrogens (tertiary/aromatic N) is 1. The van der Waals surface area contributed by atoms with Crippen LogP contribution < -0.4 is 16.0 Å². The first kappa shape index (κ1) is 12.6. The van der Waals surface area contributed by atoms with E-state index in [0.717, 1.165) is 0 Å². The molecule has 0 saturated heterocycles. The Morgan fingerprint density at radius 3 is 2.56 bits per heavy atom. The van der Waals surface area contributed by atoms with Crippen LogP contribution in [-0.2, 0) is 16.6 Å². The van der Waals surface area contributed by atoms with Gasteiger partial charge in [0.2, 0.25) is 10.0 Å². The summed E-state index contributed by atoms with van der Waals surface area (Å²) in [6.07, 6.45) is 3.19. The molecule has 8 heteroatoms. The number of sulfonamides is 1. The smallest absolute Gasteiger partial charge is 0.240 e. The highest BCUT2D eigenvalue weighted by molar-refractivity contribution is 7.89. The number of hydrazine groups is 1. The predicted octanol–water partition coefficient (Wildman–Crippen LogP) is 0.174. The zero-order valence-electron chi connectivity index (χ0n) is 9.42. The normalized spacial score (nSPS) is 11.4. The average Bonchev–Trinajstić information content (AvgIpc) is 2.90. The van der Waals surface area contributed by atoms with E-state index in [9.17, 15) is 8.42 Å². The summed E-state index contributed by atoms with van der Waals surface area (Å²) in [5.41, 5.74) is 3.07. The van der Waals surface area contributed by atoms with E-state index in [2.05, 4.69) is 20.1 Å². The van der Waals surface area contributed by atoms with Gasteiger partial charge in [0, 0.05) is 18.1 Å². The standard InChI is InChI=1S/C10H13N5O2S/c11-15-8-1-3-9(4-2-8)18(16,17)14-7-10-12-5-6-13-10/h1-6,14-15H,7,11H2,(H,12,13). The number of anilines is 1. The van der Waals surface area contributed by atoms with Gasteiger partial charge in [0.05, 0.1) is 11.4 Å². The molecule has 2 aromatic rings. The van der Waals surface area contributed by atoms with E-state index in [0.29, 0.717) is 11.5 Å². The lowest BCUT2D eigenvalue weighted by Crippen LogP contribution is -2.23. The number of benzene rings is 1. The van der Waals surface area contributed by atoms with Crippen LogP contribution in [0.2, 0.25) is 0 Å². The van der Waals surface area contributed by atoms with Crippen LogP contribution in [0.3, 0.4) is 0 Å². The van der Waals surface area contributed by atoms with Crippen molar-refractivity contribution in [3.63, 3.8) is 0 Å². The summed E-state index contributed by atoms with van der Waals surface area (Å²) in [6, 6.07) is 6.11. The number of aromatic nitrogens is 2. The third-order valence-electron chi connectivity index (χ3n) is 2.32. The summed E-state index contributed by atoms with van der Waals surface area (Å²) in [5, 5.41) is 0. The van der Waals surface area contributed by atoms with E-state index in [4.69, 9.17) is 5.84 Å². The third kappa shape index (κ3) is 2.86. The predicted molar refractivity (Wildman–Crippen MR) is 66.9 cm³/mol. The van der Waals surface area contributed by atoms with Gasteiger partial charge in [0.15, 0.2) is 0 Å². The molecule has 1 aromatic heterocycles. The maximum Gasteiger partial charge on any atom is 0.240 e. The Kier molecular flexibility index (Phi) is 3.60. The highest BCUT2D eigenvalue weighted by Gasteiger charge is 2.13. The van der Waals surface area contributed by atoms with E-state index >= 15 is 0 Å². The van der Waals surface area contributed by atoms with Crippen LogP contribution >= 0.6 is 0 Å². The van der Waals surface area contributed by atoms with Crippen molar-refractivity contribution < 1.29 is 8.42 Å². The lowest BCUT2D eigenvalue weighted by molar-refractivity contribution is 0.579. The van der Waals surface area contributed by atoms with Crippen LogP contribution in [0.4, 0.5) is 5.69 Å². The van der Waals surface area contributed by atoms with E-state index in [1.165, 1.54) is 12.1 Å². The monoisotopic (exact) mass is 267 g/mol. The van der Waals surface area contributed by atoms with E-state index in [1.807, 2.05) is 0 Å². The van der Waals surface area contributed by atoms with Crippen LogP contribution in [0.15, 0.2) is 41.6 Å². The molecule has 18 heavy (non-hydrogen) atoms. The lowest BCUT2D eigenvalue weighted by Gasteiger charge is -2.06. The molecule has 0 aliphatic carbocycles. The first-order chi connectivity index (χ1) is 8.62. The maximum atomic E-state index is 11.9. The molecule has 1 aromatic carbocycles. The molecule has 0 radical (unpaired) electrons. The number of hydrogen-bond acceptors (Lipinski definition) is 5. The molecule has 0 amide bonds. The van der Waals surface area contributed by atoms with Crippen molar-refractivity contribution >= 4 is 15.7 Å². The molecule has 5 N–H and O–H groups in total. The Balaban J connectivity index is 2.09. The van der Waals surface area contributed by atoms with Gasteiger partial charge in [0.1, 0.15) is 5.82 Å². The molecule has 0 saturated carbocycles. The SMILES string of the molecule is NNc1ccc(S(=O)(=O)NCc2ncc[nH]2)cc1. The summed E-state index contributed by atoms with van der Waals surface area (Å²) in [4.78, 5) is 6.92. The summed E-state index contributed by atoms with van der Waals surface area (Å²) in [5.74, 6) is 5.76. The van der Waals surface area contributed by atoms with E-state index in [-0.39, 0.29) is 11.4 Å². The average molecular weight is 267 g/mol. The lowest BCUT2D eigenvalue weighted by atomic mass is 10.3. The van der Waals surface area contributed by atoms with Crippen molar-refractivity contribution in [3.8, 4) is 0 Å². The molecular weight excluding hydrogens is 254 g/mol. The second kappa shape index (κ2) is 5.17. The molecule has 0 spiro atoms. The fourth-order valence-corrected chi connectivity index (χ4v) is 2.36. The molecule has 7 nitrogen and oxygen atoms in total. The summed E-state index contributed by atoms with van der Waals surface area (Å²) < 4.78 is 26.3. The number of nitrogens with two attached hydrogens (primary N) is 1. The minimum Gasteiger partial charge on any atom is -0.347 e. The van der Waals surface area contributed by atoms with Crippen molar-refractivity contribution in [1.29, 1.82) is 0 Å². The minimum absolute atomic E-state index is 0.117. The van der Waals surface area contributed by atoms with Crippen molar-refractivity contribution in [2.75, 3.05) is 5.43 Å². The third-order valence-corrected chi connectivity index (χ3v) is 3.73. The number of aromatic amines is 1. The second-order valence-corrected chi connectivity index (χ2v) is 5.30. The van der Waals surface area contributed by atoms with Gasteiger partial charge in [-0.15, -0.1) is 0 Å². The first-order valence-corrected chi connectivity index (χ1v) is 6.65. The number of nitrogen functional groups attached to an aromatic ring is 1. The van der Waals surface area contributed by atoms with Gasteiger partial charge in [-0.25, -0.2) is 18.1 Å². The molecule has 0 unspecified atom stereocenters. The number of imidazole rings is 1. The van der Waals surface area contributed by atoms with Crippen LogP contribution in [0, 0.1) is 0 Å². The van der Waals surface area contributed by atoms with Gasteiger partial charge in [-0.2, -0.15) is 0 Å². The largest absolute Gasteiger partial charge is 0.347 e. The molecule has 0 bridgehead atoms. The quantitative estimate of drug-likeness (QED) is 0.456. The number of H-pyrrole nitrogens is 1. The van der Waals surface area contributed by atoms with Crippen LogP contribution in [-0.4, -0.2) is 18.4 Å². The Morgan fingerprint density at radius 2 is 2.00 bits per heavy atom. The van der Waals surface area contributed by atoms with Gasteiger partial charge in [-0.1, -0.05) is 0 Å². The second-order valence-electron chi connectivity index (χ2n) is 3.53. The molecule has 1 heterocycles. The maximum absolute atomic E-state index is 11.9. The zero-order chi connectivity index (χ0) is 13.0. The zero-order valence-corrected chi connectivity index (χ0v) is 10.2. The van der Waals surface area contributed by atoms with Gasteiger partial charge in [-0.05, 0) is 24.3 Å². The van der Waals surface area contributed by atoms with Gasteiger partial charge >= 0.3 is 0 Å². The van der Waals surface area contributed by atoms with Gasteiger partial charge < -0.3 is 10.4 Å². The topological polar surface area (TPSA) is 113 Å². The molecule has 2 rings (SSSR count). The molecule has 0 aliphatic rings. The fraction of sp³-hybridized carbons (Fsp3) is 0.100. The van der Waals surface area contributed by atoms with Crippen molar-refractivity contribution in [2.24, 2.45) is 5.84 Å². The molecule has 96 valence electrons. The Hall–Kier alpha value is -1.90. The molecule has 0 fully saturated rings. The van der Waals surface area contributed by atoms with Crippen LogP contribution in [0.1, 0.15) is 5.82 Å². The highest BCUT2D eigenvalue weighted by Crippen LogP contribution is 2.13. The first-order valence-electron chi connectivity index (χ1n) is 5.16. The molecule has 0 atom stereocenters. The van der Waals surface area contributed by atoms with Crippen molar-refractivity contribution in [2.45, 2.75) is 11.4 Å². The van der Waals surface area contributed by atoms with Crippen molar-refractivity contribution in [3.05, 3.63) is 42.5 Å². The molecular formula is C10H13N5O2S. The number of hydrogen-bond donors (Lipinski definition) is 4. The summed E-state index contributed by atoms with van der Waals surface area (Å²) in [7, 11) is -3.54. The fourth-order valence-electron chi connectivity index (χ4n) is 1.37. The summed E-state index contributed by atoms with van der Waals surface area (Å²) in [6.45, 7) is 0.117. The summed E-state index contributed by atoms with van der Waals surface area (Å²) >= 11 is 0. The Labute approximate surface area is 104 Å². The molecule has 0 aliphatic heterocycles. The number of nitrogens with one attached hydrogen (secondary N) is 3.